The SMILES string of the molecule is C[C@H](Oc1ccc2c(c1)CN(Cc1nc3ccc(C(=O)OC(C)(C)C)cc3n1C[C@@H]1CCO1)CC2)c1ccc(C#N)cc1F. The fourth-order valence-electron chi connectivity index (χ4n) is 5.79. The molecule has 8 nitrogen and oxygen atoms in total. The molecule has 1 aromatic heterocycles. The van der Waals surface area contributed by atoms with Crippen molar-refractivity contribution in [3.63, 3.8) is 0 Å². The Kier molecular flexibility index (Phi) is 8.14. The predicted octanol–water partition coefficient (Wildman–Crippen LogP) is 6.49. The molecule has 2 atom stereocenters. The number of aromatic nitrogens is 2. The highest BCUT2D eigenvalue weighted by molar-refractivity contribution is 5.94. The van der Waals surface area contributed by atoms with E-state index < -0.39 is 17.5 Å². The summed E-state index contributed by atoms with van der Waals surface area (Å²) in [6.45, 7) is 11.1. The molecule has 3 heterocycles. The molecule has 0 amide bonds. The van der Waals surface area contributed by atoms with Gasteiger partial charge in [0.2, 0.25) is 0 Å². The lowest BCUT2D eigenvalue weighted by Gasteiger charge is -2.31. The lowest BCUT2D eigenvalue weighted by Crippen LogP contribution is -2.34. The second kappa shape index (κ2) is 12.0. The second-order valence-corrected chi connectivity index (χ2v) is 12.6. The summed E-state index contributed by atoms with van der Waals surface area (Å²) in [5, 5.41) is 9.04. The molecule has 0 bridgehead atoms. The number of hydrogen-bond acceptors (Lipinski definition) is 7. The van der Waals surface area contributed by atoms with E-state index in [1.807, 2.05) is 51.1 Å². The Morgan fingerprint density at radius 1 is 1.16 bits per heavy atom. The molecule has 2 aliphatic heterocycles. The summed E-state index contributed by atoms with van der Waals surface area (Å²) in [5.41, 5.74) is 4.79. The van der Waals surface area contributed by atoms with E-state index in [-0.39, 0.29) is 17.6 Å². The molecule has 4 aromatic rings. The number of nitrogens with zero attached hydrogens (tertiary/aromatic N) is 4. The largest absolute Gasteiger partial charge is 0.486 e. The third kappa shape index (κ3) is 6.47. The van der Waals surface area contributed by atoms with Gasteiger partial charge in [0, 0.05) is 25.3 Å². The molecular formula is C35H37FN4O4. The number of esters is 1. The predicted molar refractivity (Wildman–Crippen MR) is 164 cm³/mol. The fraction of sp³-hybridized carbons (Fsp3) is 0.400. The minimum Gasteiger partial charge on any atom is -0.486 e. The Bertz CT molecular complexity index is 1750. The summed E-state index contributed by atoms with van der Waals surface area (Å²) < 4.78 is 34.3. The Balaban J connectivity index is 1.21. The smallest absolute Gasteiger partial charge is 0.338 e. The summed E-state index contributed by atoms with van der Waals surface area (Å²) in [4.78, 5) is 20.2. The molecule has 0 spiro atoms. The first-order chi connectivity index (χ1) is 21.1. The van der Waals surface area contributed by atoms with Gasteiger partial charge in [0.05, 0.1) is 47.4 Å². The van der Waals surface area contributed by atoms with Crippen LogP contribution in [0.1, 0.15) is 78.7 Å². The lowest BCUT2D eigenvalue weighted by molar-refractivity contribution is -0.0592. The van der Waals surface area contributed by atoms with Crippen LogP contribution < -0.4 is 4.74 Å². The van der Waals surface area contributed by atoms with Gasteiger partial charge in [0.25, 0.3) is 0 Å². The van der Waals surface area contributed by atoms with E-state index in [9.17, 15) is 9.18 Å². The monoisotopic (exact) mass is 596 g/mol. The zero-order valence-corrected chi connectivity index (χ0v) is 25.6. The number of benzene rings is 3. The summed E-state index contributed by atoms with van der Waals surface area (Å²) in [7, 11) is 0. The van der Waals surface area contributed by atoms with Crippen molar-refractivity contribution in [3.05, 3.63) is 94.1 Å². The van der Waals surface area contributed by atoms with Gasteiger partial charge in [0.1, 0.15) is 29.1 Å². The average molecular weight is 597 g/mol. The van der Waals surface area contributed by atoms with Crippen LogP contribution in [0.15, 0.2) is 54.6 Å². The molecule has 44 heavy (non-hydrogen) atoms. The van der Waals surface area contributed by atoms with Crippen LogP contribution in [0, 0.1) is 17.1 Å². The topological polar surface area (TPSA) is 89.6 Å². The fourth-order valence-corrected chi connectivity index (χ4v) is 5.79. The number of nitriles is 1. The van der Waals surface area contributed by atoms with E-state index in [2.05, 4.69) is 15.5 Å². The number of fused-ring (bicyclic) bond motifs is 2. The van der Waals surface area contributed by atoms with Gasteiger partial charge in [-0.15, -0.1) is 0 Å². The summed E-state index contributed by atoms with van der Waals surface area (Å²) >= 11 is 0. The maximum absolute atomic E-state index is 14.6. The quantitative estimate of drug-likeness (QED) is 0.215. The minimum absolute atomic E-state index is 0.126. The van der Waals surface area contributed by atoms with Gasteiger partial charge in [0.15, 0.2) is 0 Å². The Hall–Kier alpha value is -4.26. The molecular weight excluding hydrogens is 559 g/mol. The van der Waals surface area contributed by atoms with Crippen molar-refractivity contribution in [2.75, 3.05) is 13.2 Å². The molecule has 0 radical (unpaired) electrons. The van der Waals surface area contributed by atoms with Gasteiger partial charge in [-0.3, -0.25) is 4.90 Å². The molecule has 3 aromatic carbocycles. The third-order valence-electron chi connectivity index (χ3n) is 8.16. The van der Waals surface area contributed by atoms with Gasteiger partial charge in [-0.2, -0.15) is 5.26 Å². The first-order valence-electron chi connectivity index (χ1n) is 15.1. The molecule has 0 aliphatic carbocycles. The van der Waals surface area contributed by atoms with Crippen molar-refractivity contribution in [3.8, 4) is 11.8 Å². The maximum atomic E-state index is 14.6. The second-order valence-electron chi connectivity index (χ2n) is 12.6. The molecule has 0 saturated carbocycles. The Morgan fingerprint density at radius 2 is 1.98 bits per heavy atom. The van der Waals surface area contributed by atoms with Crippen molar-refractivity contribution in [1.29, 1.82) is 5.26 Å². The molecule has 2 aliphatic rings. The zero-order chi connectivity index (χ0) is 31.0. The van der Waals surface area contributed by atoms with Crippen LogP contribution in [0.25, 0.3) is 11.0 Å². The molecule has 1 fully saturated rings. The number of ether oxygens (including phenoxy) is 3. The number of halogens is 1. The number of hydrogen-bond donors (Lipinski definition) is 0. The molecule has 228 valence electrons. The average Bonchev–Trinajstić information content (AvgIpc) is 3.29. The number of imidazole rings is 1. The van der Waals surface area contributed by atoms with Crippen molar-refractivity contribution >= 4 is 17.0 Å². The van der Waals surface area contributed by atoms with Gasteiger partial charge < -0.3 is 18.8 Å². The van der Waals surface area contributed by atoms with Crippen LogP contribution in [0.3, 0.4) is 0 Å². The van der Waals surface area contributed by atoms with Gasteiger partial charge in [-0.1, -0.05) is 12.1 Å². The van der Waals surface area contributed by atoms with E-state index in [1.54, 1.807) is 25.1 Å². The highest BCUT2D eigenvalue weighted by Crippen LogP contribution is 2.30. The van der Waals surface area contributed by atoms with E-state index in [0.29, 0.717) is 30.0 Å². The number of carbonyl (C=O) groups is 1. The molecule has 0 unspecified atom stereocenters. The van der Waals surface area contributed by atoms with Crippen molar-refractivity contribution in [2.24, 2.45) is 0 Å². The minimum atomic E-state index is -0.579. The van der Waals surface area contributed by atoms with E-state index in [1.165, 1.54) is 17.2 Å². The highest BCUT2D eigenvalue weighted by atomic mass is 19.1. The van der Waals surface area contributed by atoms with E-state index in [4.69, 9.17) is 24.5 Å². The molecule has 9 heteroatoms. The molecule has 6 rings (SSSR count). The Labute approximate surface area is 257 Å². The molecule has 0 N–H and O–H groups in total. The summed E-state index contributed by atoms with van der Waals surface area (Å²) in [5.74, 6) is 0.799. The molecule has 1 saturated heterocycles. The highest BCUT2D eigenvalue weighted by Gasteiger charge is 2.26. The normalized spacial score (nSPS) is 17.4. The van der Waals surface area contributed by atoms with E-state index >= 15 is 0 Å². The van der Waals surface area contributed by atoms with Crippen LogP contribution in [0.2, 0.25) is 0 Å². The van der Waals surface area contributed by atoms with Crippen LogP contribution in [-0.2, 0) is 35.5 Å². The third-order valence-corrected chi connectivity index (χ3v) is 8.16. The first kappa shape index (κ1) is 29.8. The Morgan fingerprint density at radius 3 is 2.68 bits per heavy atom. The maximum Gasteiger partial charge on any atom is 0.338 e. The number of rotatable bonds is 8. The van der Waals surface area contributed by atoms with Crippen molar-refractivity contribution in [1.82, 2.24) is 14.5 Å². The summed E-state index contributed by atoms with van der Waals surface area (Å²) in [6.07, 6.45) is 1.50. The van der Waals surface area contributed by atoms with Crippen LogP contribution in [-0.4, -0.2) is 45.3 Å². The van der Waals surface area contributed by atoms with Crippen molar-refractivity contribution in [2.45, 2.75) is 78.0 Å². The standard InChI is InChI=1S/C35H37FN4O4/c1-22(29-9-5-23(18-37)15-30(29)36)43-27-8-6-24-11-13-39(19-26(24)16-27)21-33-38-31-10-7-25(34(41)44-35(2,3)4)17-32(31)40(33)20-28-12-14-42-28/h5-10,15-17,22,28H,11-14,19-21H2,1-4H3/t22-,28-/m0/s1. The van der Waals surface area contributed by atoms with Gasteiger partial charge in [-0.25, -0.2) is 14.2 Å². The van der Waals surface area contributed by atoms with E-state index in [0.717, 1.165) is 49.4 Å². The van der Waals surface area contributed by atoms with Crippen LogP contribution >= 0.6 is 0 Å². The summed E-state index contributed by atoms with van der Waals surface area (Å²) in [6, 6.07) is 18.0. The van der Waals surface area contributed by atoms with Crippen LogP contribution in [0.4, 0.5) is 4.39 Å². The van der Waals surface area contributed by atoms with Gasteiger partial charge in [-0.05, 0) is 94.1 Å². The van der Waals surface area contributed by atoms with Gasteiger partial charge >= 0.3 is 5.97 Å². The number of carbonyl (C=O) groups excluding carboxylic acids is 1. The van der Waals surface area contributed by atoms with Crippen molar-refractivity contribution < 1.29 is 23.4 Å². The van der Waals surface area contributed by atoms with Crippen LogP contribution in [0.5, 0.6) is 5.75 Å². The zero-order valence-electron chi connectivity index (χ0n) is 25.6. The lowest BCUT2D eigenvalue weighted by atomic mass is 9.99. The first-order valence-corrected chi connectivity index (χ1v) is 15.1.